The number of rotatable bonds is 10. The number of fused-ring (bicyclic) bond motifs is 6. The van der Waals surface area contributed by atoms with Crippen molar-refractivity contribution in [2.24, 2.45) is 0 Å². The standard InChI is InChI=1S/C70H48N4S/c1-6-22-49(23-7-1)52-44-53(50-24-8-2-9-25-50)46-54(45-52)70-71-64(51-38-41-59(42-39-51)75(56-26-10-3-11-27-56,57-28-12-4-13-29-57)58-30-14-5-15-31-58)48-69(72-70)74-67-37-21-18-34-62(67)63-47-55(40-43-68(63)74)73-65-35-19-16-32-60(65)61-33-17-20-36-66(61)73/h1-48H. The molecule has 0 radical (unpaired) electrons. The maximum absolute atomic E-state index is 5.62. The second kappa shape index (κ2) is 18.5. The van der Waals surface area contributed by atoms with Crippen molar-refractivity contribution < 1.29 is 0 Å². The van der Waals surface area contributed by atoms with E-state index in [0.717, 1.165) is 72.4 Å². The topological polar surface area (TPSA) is 35.6 Å². The molecule has 0 spiro atoms. The molecule has 3 heterocycles. The van der Waals surface area contributed by atoms with Crippen molar-refractivity contribution >= 4 is 53.6 Å². The third-order valence-corrected chi connectivity index (χ3v) is 18.6. The van der Waals surface area contributed by atoms with Gasteiger partial charge in [0.1, 0.15) is 5.82 Å². The second-order valence-corrected chi connectivity index (χ2v) is 22.1. The van der Waals surface area contributed by atoms with Gasteiger partial charge in [-0.15, -0.1) is 10.0 Å². The Morgan fingerprint density at radius 2 is 0.653 bits per heavy atom. The Morgan fingerprint density at radius 1 is 0.253 bits per heavy atom. The molecule has 0 unspecified atom stereocenters. The molecule has 75 heavy (non-hydrogen) atoms. The van der Waals surface area contributed by atoms with Crippen molar-refractivity contribution in [3.05, 3.63) is 291 Å². The van der Waals surface area contributed by atoms with Crippen LogP contribution in [0.15, 0.2) is 311 Å². The summed E-state index contributed by atoms with van der Waals surface area (Å²) in [6, 6.07) is 105. The summed E-state index contributed by atoms with van der Waals surface area (Å²) in [7, 11) is -1.90. The minimum atomic E-state index is -1.90. The van der Waals surface area contributed by atoms with Gasteiger partial charge < -0.3 is 4.57 Å². The monoisotopic (exact) mass is 976 g/mol. The molecule has 11 aromatic carbocycles. The first-order chi connectivity index (χ1) is 37.2. The Kier molecular flexibility index (Phi) is 10.9. The van der Waals surface area contributed by atoms with Gasteiger partial charge in [0.15, 0.2) is 5.82 Å². The van der Waals surface area contributed by atoms with E-state index in [1.165, 1.54) is 41.4 Å². The lowest BCUT2D eigenvalue weighted by atomic mass is 9.96. The number of hydrogen-bond donors (Lipinski definition) is 0. The zero-order valence-corrected chi connectivity index (χ0v) is 41.7. The average molecular weight is 977 g/mol. The maximum Gasteiger partial charge on any atom is 0.162 e. The molecule has 354 valence electrons. The van der Waals surface area contributed by atoms with E-state index in [1.54, 1.807) is 0 Å². The first-order valence-electron chi connectivity index (χ1n) is 25.5. The van der Waals surface area contributed by atoms with Gasteiger partial charge in [-0.05, 0) is 125 Å². The van der Waals surface area contributed by atoms with Gasteiger partial charge in [-0.25, -0.2) is 9.97 Å². The fourth-order valence-electron chi connectivity index (χ4n) is 11.2. The molecule has 14 rings (SSSR count). The molecule has 0 atom stereocenters. The van der Waals surface area contributed by atoms with Gasteiger partial charge in [0.05, 0.1) is 27.8 Å². The van der Waals surface area contributed by atoms with Crippen LogP contribution in [-0.4, -0.2) is 19.1 Å². The van der Waals surface area contributed by atoms with Gasteiger partial charge in [-0.2, -0.15) is 0 Å². The van der Waals surface area contributed by atoms with Crippen LogP contribution >= 0.6 is 10.0 Å². The fraction of sp³-hybridized carbons (Fsp3) is 0. The molecule has 0 saturated carbocycles. The van der Waals surface area contributed by atoms with Crippen molar-refractivity contribution in [2.45, 2.75) is 19.6 Å². The fourth-order valence-corrected chi connectivity index (χ4v) is 15.1. The van der Waals surface area contributed by atoms with Gasteiger partial charge >= 0.3 is 0 Å². The van der Waals surface area contributed by atoms with E-state index in [2.05, 4.69) is 300 Å². The van der Waals surface area contributed by atoms with Crippen LogP contribution in [0, 0.1) is 0 Å². The predicted octanol–water partition coefficient (Wildman–Crippen LogP) is 18.7. The predicted molar refractivity (Wildman–Crippen MR) is 312 cm³/mol. The molecule has 4 nitrogen and oxygen atoms in total. The lowest BCUT2D eigenvalue weighted by Crippen LogP contribution is -2.05. The molecule has 0 aliphatic carbocycles. The van der Waals surface area contributed by atoms with Crippen LogP contribution in [0.5, 0.6) is 0 Å². The summed E-state index contributed by atoms with van der Waals surface area (Å²) < 4.78 is 4.73. The highest BCUT2D eigenvalue weighted by Gasteiger charge is 2.33. The summed E-state index contributed by atoms with van der Waals surface area (Å²) >= 11 is 0. The molecule has 0 saturated heterocycles. The third kappa shape index (κ3) is 7.55. The van der Waals surface area contributed by atoms with E-state index >= 15 is 0 Å². The zero-order chi connectivity index (χ0) is 49.7. The van der Waals surface area contributed by atoms with Gasteiger partial charge in [0.25, 0.3) is 0 Å². The largest absolute Gasteiger partial charge is 0.309 e. The van der Waals surface area contributed by atoms with Crippen LogP contribution in [0.2, 0.25) is 0 Å². The molecule has 14 aromatic rings. The van der Waals surface area contributed by atoms with Gasteiger partial charge in [0.2, 0.25) is 0 Å². The summed E-state index contributed by atoms with van der Waals surface area (Å²) in [5, 5.41) is 4.78. The number of aromatic nitrogens is 4. The summed E-state index contributed by atoms with van der Waals surface area (Å²) in [4.78, 5) is 16.3. The normalized spacial score (nSPS) is 11.9. The Hall–Kier alpha value is -9.55. The molecule has 0 bridgehead atoms. The van der Waals surface area contributed by atoms with Crippen LogP contribution in [0.1, 0.15) is 0 Å². The molecule has 0 aliphatic heterocycles. The van der Waals surface area contributed by atoms with Crippen molar-refractivity contribution in [1.29, 1.82) is 0 Å². The summed E-state index contributed by atoms with van der Waals surface area (Å²) in [6.45, 7) is 0. The van der Waals surface area contributed by atoms with E-state index in [0.29, 0.717) is 5.82 Å². The lowest BCUT2D eigenvalue weighted by molar-refractivity contribution is 1.05. The SMILES string of the molecule is c1ccc(-c2cc(-c3ccccc3)cc(-c3nc(-c4ccc(S(c5ccccc5)(c5ccccc5)c5ccccc5)cc4)cc(-n4c5ccccc5c5cc(-n6c7ccccc7c7ccccc76)ccc54)n3)c2)cc1. The second-order valence-electron chi connectivity index (χ2n) is 19.0. The summed E-state index contributed by atoms with van der Waals surface area (Å²) in [6.07, 6.45) is 0. The van der Waals surface area contributed by atoms with Gasteiger partial charge in [-0.1, -0.05) is 182 Å². The number of para-hydroxylation sites is 3. The lowest BCUT2D eigenvalue weighted by Gasteiger charge is -2.42. The average Bonchev–Trinajstić information content (AvgIpc) is 4.01. The van der Waals surface area contributed by atoms with E-state index in [4.69, 9.17) is 9.97 Å². The first kappa shape index (κ1) is 44.2. The highest BCUT2D eigenvalue weighted by atomic mass is 32.3. The Morgan fingerprint density at radius 3 is 1.16 bits per heavy atom. The highest BCUT2D eigenvalue weighted by molar-refractivity contribution is 8.34. The van der Waals surface area contributed by atoms with Crippen LogP contribution in [0.4, 0.5) is 0 Å². The molecular formula is C70H48N4S. The Labute approximate surface area is 437 Å². The minimum absolute atomic E-state index is 0.646. The number of nitrogens with zero attached hydrogens (tertiary/aromatic N) is 4. The zero-order valence-electron chi connectivity index (χ0n) is 40.9. The molecule has 0 aliphatic rings. The smallest absolute Gasteiger partial charge is 0.162 e. The van der Waals surface area contributed by atoms with Crippen LogP contribution in [0.3, 0.4) is 0 Å². The molecule has 0 N–H and O–H groups in total. The van der Waals surface area contributed by atoms with Gasteiger partial charge in [0, 0.05) is 64.0 Å². The summed E-state index contributed by atoms with van der Waals surface area (Å²) in [5.41, 5.74) is 12.8. The van der Waals surface area contributed by atoms with E-state index in [9.17, 15) is 0 Å². The molecule has 0 fully saturated rings. The van der Waals surface area contributed by atoms with E-state index in [1.807, 2.05) is 0 Å². The van der Waals surface area contributed by atoms with E-state index < -0.39 is 10.0 Å². The maximum atomic E-state index is 5.62. The first-order valence-corrected chi connectivity index (χ1v) is 27.1. The number of hydrogen-bond acceptors (Lipinski definition) is 2. The van der Waals surface area contributed by atoms with Crippen LogP contribution in [0.25, 0.3) is 100 Å². The van der Waals surface area contributed by atoms with Crippen LogP contribution < -0.4 is 0 Å². The Bertz CT molecular complexity index is 4170. The van der Waals surface area contributed by atoms with E-state index in [-0.39, 0.29) is 0 Å². The van der Waals surface area contributed by atoms with Crippen molar-refractivity contribution in [3.8, 4) is 56.4 Å². The third-order valence-electron chi connectivity index (χ3n) is 14.6. The van der Waals surface area contributed by atoms with Gasteiger partial charge in [-0.3, -0.25) is 4.57 Å². The quantitative estimate of drug-likeness (QED) is 0.137. The molecule has 3 aromatic heterocycles. The highest BCUT2D eigenvalue weighted by Crippen LogP contribution is 2.73. The Balaban J connectivity index is 1.000. The van der Waals surface area contributed by atoms with Crippen molar-refractivity contribution in [2.75, 3.05) is 0 Å². The number of benzene rings is 11. The van der Waals surface area contributed by atoms with Crippen molar-refractivity contribution in [1.82, 2.24) is 19.1 Å². The molecular weight excluding hydrogens is 929 g/mol. The molecule has 5 heteroatoms. The van der Waals surface area contributed by atoms with Crippen molar-refractivity contribution in [3.63, 3.8) is 0 Å². The summed E-state index contributed by atoms with van der Waals surface area (Å²) in [5.74, 6) is 1.44. The minimum Gasteiger partial charge on any atom is -0.309 e. The van der Waals surface area contributed by atoms with Crippen LogP contribution in [-0.2, 0) is 0 Å². The molecule has 0 amide bonds.